The first-order chi connectivity index (χ1) is 9.57. The van der Waals surface area contributed by atoms with Crippen LogP contribution in [0.15, 0.2) is 23.1 Å². The van der Waals surface area contributed by atoms with Gasteiger partial charge < -0.3 is 5.11 Å². The van der Waals surface area contributed by atoms with Crippen LogP contribution in [0.25, 0.3) is 0 Å². The van der Waals surface area contributed by atoms with Crippen LogP contribution < -0.4 is 4.72 Å². The Morgan fingerprint density at radius 1 is 1.48 bits per heavy atom. The van der Waals surface area contributed by atoms with E-state index in [0.717, 1.165) is 18.2 Å². The van der Waals surface area contributed by atoms with E-state index >= 15 is 0 Å². The lowest BCUT2D eigenvalue weighted by atomic mass is 10.0. The largest absolute Gasteiger partial charge is 0.481 e. The number of carboxylic acids is 1. The molecule has 1 aromatic rings. The fourth-order valence-electron chi connectivity index (χ4n) is 1.65. The van der Waals surface area contributed by atoms with Crippen molar-refractivity contribution >= 4 is 16.0 Å². The van der Waals surface area contributed by atoms with Crippen molar-refractivity contribution in [3.63, 3.8) is 0 Å². The first-order valence-corrected chi connectivity index (χ1v) is 7.51. The van der Waals surface area contributed by atoms with Crippen LogP contribution in [0.5, 0.6) is 0 Å². The summed E-state index contributed by atoms with van der Waals surface area (Å²) in [6.07, 6.45) is -0.114. The van der Waals surface area contributed by atoms with Gasteiger partial charge in [-0.05, 0) is 38.5 Å². The van der Waals surface area contributed by atoms with E-state index in [1.807, 2.05) is 0 Å². The maximum Gasteiger partial charge on any atom is 0.303 e. The SMILES string of the molecule is CC(C)(CCC(=O)O)NS(=O)(=O)c1ccc(C#N)c(F)c1. The Balaban J connectivity index is 2.99. The van der Waals surface area contributed by atoms with Crippen molar-refractivity contribution in [1.29, 1.82) is 5.26 Å². The summed E-state index contributed by atoms with van der Waals surface area (Å²) in [7, 11) is -4.01. The van der Waals surface area contributed by atoms with Crippen LogP contribution >= 0.6 is 0 Å². The molecule has 8 heteroatoms. The van der Waals surface area contributed by atoms with Gasteiger partial charge in [-0.3, -0.25) is 4.79 Å². The number of carboxylic acid groups (broad SMARTS) is 1. The first-order valence-electron chi connectivity index (χ1n) is 6.03. The zero-order valence-corrected chi connectivity index (χ0v) is 12.4. The van der Waals surface area contributed by atoms with Crippen molar-refractivity contribution in [2.45, 2.75) is 37.1 Å². The quantitative estimate of drug-likeness (QED) is 0.829. The van der Waals surface area contributed by atoms with Gasteiger partial charge in [-0.15, -0.1) is 0 Å². The molecule has 0 saturated carbocycles. The second kappa shape index (κ2) is 6.20. The first kappa shape index (κ1) is 17.1. The number of nitriles is 1. The third-order valence-corrected chi connectivity index (χ3v) is 4.44. The molecule has 0 saturated heterocycles. The molecule has 21 heavy (non-hydrogen) atoms. The highest BCUT2D eigenvalue weighted by atomic mass is 32.2. The van der Waals surface area contributed by atoms with Gasteiger partial charge in [-0.1, -0.05) is 0 Å². The molecule has 2 N–H and O–H groups in total. The van der Waals surface area contributed by atoms with Crippen molar-refractivity contribution in [1.82, 2.24) is 4.72 Å². The molecule has 0 aromatic heterocycles. The topological polar surface area (TPSA) is 107 Å². The molecule has 0 unspecified atom stereocenters. The van der Waals surface area contributed by atoms with Gasteiger partial charge >= 0.3 is 5.97 Å². The number of carbonyl (C=O) groups is 1. The summed E-state index contributed by atoms with van der Waals surface area (Å²) in [4.78, 5) is 10.2. The van der Waals surface area contributed by atoms with Crippen molar-refractivity contribution in [3.8, 4) is 6.07 Å². The molecule has 0 radical (unpaired) electrons. The van der Waals surface area contributed by atoms with E-state index in [2.05, 4.69) is 4.72 Å². The van der Waals surface area contributed by atoms with Gasteiger partial charge in [-0.2, -0.15) is 5.26 Å². The smallest absolute Gasteiger partial charge is 0.303 e. The number of nitrogens with one attached hydrogen (secondary N) is 1. The lowest BCUT2D eigenvalue weighted by molar-refractivity contribution is -0.137. The Morgan fingerprint density at radius 2 is 2.10 bits per heavy atom. The number of benzene rings is 1. The fourth-order valence-corrected chi connectivity index (χ4v) is 3.10. The van der Waals surface area contributed by atoms with Crippen LogP contribution in [0.4, 0.5) is 4.39 Å². The van der Waals surface area contributed by atoms with Crippen LogP contribution in [-0.4, -0.2) is 25.0 Å². The van der Waals surface area contributed by atoms with E-state index in [4.69, 9.17) is 10.4 Å². The molecule has 114 valence electrons. The van der Waals surface area contributed by atoms with Crippen molar-refractivity contribution < 1.29 is 22.7 Å². The van der Waals surface area contributed by atoms with E-state index < -0.39 is 27.3 Å². The van der Waals surface area contributed by atoms with Gasteiger partial charge in [0.1, 0.15) is 11.9 Å². The monoisotopic (exact) mass is 314 g/mol. The highest BCUT2D eigenvalue weighted by Gasteiger charge is 2.27. The standard InChI is InChI=1S/C13H15FN2O4S/c1-13(2,6-5-12(17)18)16-21(19,20)10-4-3-9(8-15)11(14)7-10/h3-4,7,16H,5-6H2,1-2H3,(H,17,18). The van der Waals surface area contributed by atoms with Gasteiger partial charge in [0.2, 0.25) is 10.0 Å². The number of nitrogens with zero attached hydrogens (tertiary/aromatic N) is 1. The third kappa shape index (κ3) is 4.81. The Hall–Kier alpha value is -1.98. The number of rotatable bonds is 6. The molecule has 1 aromatic carbocycles. The molecule has 0 heterocycles. The zero-order valence-electron chi connectivity index (χ0n) is 11.6. The Bertz CT molecular complexity index is 693. The number of sulfonamides is 1. The molecule has 0 aliphatic heterocycles. The minimum Gasteiger partial charge on any atom is -0.481 e. The van der Waals surface area contributed by atoms with Crippen molar-refractivity contribution in [3.05, 3.63) is 29.6 Å². The van der Waals surface area contributed by atoms with E-state index in [-0.39, 0.29) is 23.3 Å². The average molecular weight is 314 g/mol. The van der Waals surface area contributed by atoms with Crippen molar-refractivity contribution in [2.24, 2.45) is 0 Å². The van der Waals surface area contributed by atoms with Gasteiger partial charge in [-0.25, -0.2) is 17.5 Å². The molecule has 1 rings (SSSR count). The fraction of sp³-hybridized carbons (Fsp3) is 0.385. The van der Waals surface area contributed by atoms with Crippen molar-refractivity contribution in [2.75, 3.05) is 0 Å². The molecule has 0 amide bonds. The van der Waals surface area contributed by atoms with Crippen LogP contribution in [0.3, 0.4) is 0 Å². The predicted molar refractivity (Wildman–Crippen MR) is 72.4 cm³/mol. The number of hydrogen-bond acceptors (Lipinski definition) is 4. The lowest BCUT2D eigenvalue weighted by Gasteiger charge is -2.25. The summed E-state index contributed by atoms with van der Waals surface area (Å²) in [6.45, 7) is 3.07. The maximum atomic E-state index is 13.5. The van der Waals surface area contributed by atoms with Gasteiger partial charge in [0.05, 0.1) is 10.5 Å². The summed E-state index contributed by atoms with van der Waals surface area (Å²) in [5, 5.41) is 17.2. The normalized spacial score (nSPS) is 11.9. The lowest BCUT2D eigenvalue weighted by Crippen LogP contribution is -2.43. The average Bonchev–Trinajstić information content (AvgIpc) is 2.35. The molecule has 0 aliphatic carbocycles. The van der Waals surface area contributed by atoms with E-state index in [0.29, 0.717) is 0 Å². The highest BCUT2D eigenvalue weighted by molar-refractivity contribution is 7.89. The van der Waals surface area contributed by atoms with Crippen LogP contribution in [0.2, 0.25) is 0 Å². The minimum absolute atomic E-state index is 0.0837. The summed E-state index contributed by atoms with van der Waals surface area (Å²) in [5.74, 6) is -1.96. The molecule has 0 atom stereocenters. The van der Waals surface area contributed by atoms with E-state index in [1.165, 1.54) is 13.8 Å². The van der Waals surface area contributed by atoms with Crippen LogP contribution in [0.1, 0.15) is 32.3 Å². The van der Waals surface area contributed by atoms with Gasteiger partial charge in [0.15, 0.2) is 0 Å². The highest BCUT2D eigenvalue weighted by Crippen LogP contribution is 2.19. The molecule has 0 spiro atoms. The summed E-state index contributed by atoms with van der Waals surface area (Å²) in [5.41, 5.74) is -1.25. The van der Waals surface area contributed by atoms with Gasteiger partial charge in [0, 0.05) is 12.0 Å². The summed E-state index contributed by atoms with van der Waals surface area (Å²) in [6, 6.07) is 4.56. The Morgan fingerprint density at radius 3 is 2.57 bits per heavy atom. The summed E-state index contributed by atoms with van der Waals surface area (Å²) < 4.78 is 40.1. The predicted octanol–water partition coefficient (Wildman–Crippen LogP) is 1.62. The maximum absolute atomic E-state index is 13.5. The summed E-state index contributed by atoms with van der Waals surface area (Å²) >= 11 is 0. The van der Waals surface area contributed by atoms with Crippen LogP contribution in [-0.2, 0) is 14.8 Å². The molecule has 6 nitrogen and oxygen atoms in total. The molecular weight excluding hydrogens is 299 g/mol. The van der Waals surface area contributed by atoms with E-state index in [1.54, 1.807) is 6.07 Å². The molecule has 0 aliphatic rings. The van der Waals surface area contributed by atoms with Gasteiger partial charge in [0.25, 0.3) is 0 Å². The Labute approximate surface area is 122 Å². The second-order valence-electron chi connectivity index (χ2n) is 5.14. The number of aliphatic carboxylic acids is 1. The molecule has 0 bridgehead atoms. The second-order valence-corrected chi connectivity index (χ2v) is 6.82. The van der Waals surface area contributed by atoms with Crippen LogP contribution in [0, 0.1) is 17.1 Å². The van der Waals surface area contributed by atoms with E-state index in [9.17, 15) is 17.6 Å². The number of hydrogen-bond donors (Lipinski definition) is 2. The molecular formula is C13H15FN2O4S. The zero-order chi connectivity index (χ0) is 16.3. The number of halogens is 1. The Kier molecular flexibility index (Phi) is 5.04. The molecule has 0 fully saturated rings. The third-order valence-electron chi connectivity index (χ3n) is 2.75. The minimum atomic E-state index is -4.01.